The van der Waals surface area contributed by atoms with Gasteiger partial charge in [-0.1, -0.05) is 35.9 Å². The molecule has 0 saturated heterocycles. The average molecular weight is 193 g/mol. The van der Waals surface area contributed by atoms with E-state index in [1.807, 2.05) is 18.2 Å². The number of halogens is 1. The number of rotatable bonds is 0. The highest BCUT2D eigenvalue weighted by atomic mass is 35.7. The molecule has 0 amide bonds. The van der Waals surface area contributed by atoms with E-state index in [9.17, 15) is 0 Å². The monoisotopic (exact) mass is 192 g/mol. The fraction of sp³-hybridized carbons (Fsp3) is 0.143. The van der Waals surface area contributed by atoms with E-state index in [0.717, 1.165) is 0 Å². The molecule has 1 aromatic rings. The van der Waals surface area contributed by atoms with Crippen molar-refractivity contribution in [3.8, 4) is 0 Å². The predicted molar refractivity (Wildman–Crippen MR) is 33.4 cm³/mol. The first-order valence-electron chi connectivity index (χ1n) is 3.04. The van der Waals surface area contributed by atoms with E-state index in [1.165, 1.54) is 5.56 Å². The van der Waals surface area contributed by atoms with E-state index < -0.39 is 10.2 Å². The van der Waals surface area contributed by atoms with Crippen molar-refractivity contribution >= 4 is 0 Å². The Morgan fingerprint density at radius 1 is 1.08 bits per heavy atom. The molecule has 1 aromatic carbocycles. The van der Waals surface area contributed by atoms with Gasteiger partial charge in [0.05, 0.1) is 14.9 Å². The molecule has 0 unspecified atom stereocenters. The molecule has 0 atom stereocenters. The molecule has 0 spiro atoms. The van der Waals surface area contributed by atoms with Crippen molar-refractivity contribution < 1.29 is 28.9 Å². The number of aryl methyl sites for hydroxylation is 1. The van der Waals surface area contributed by atoms with Crippen LogP contribution >= 0.6 is 0 Å². The Bertz CT molecular complexity index is 200. The molecule has 12 heavy (non-hydrogen) atoms. The maximum atomic E-state index is 8.60. The molecule has 0 aromatic heterocycles. The van der Waals surface area contributed by atoms with Crippen LogP contribution in [0.5, 0.6) is 0 Å². The van der Waals surface area contributed by atoms with Crippen molar-refractivity contribution in [3.63, 3.8) is 0 Å². The zero-order chi connectivity index (χ0) is 9.61. The summed E-state index contributed by atoms with van der Waals surface area (Å²) >= 11 is 0. The van der Waals surface area contributed by atoms with E-state index >= 15 is 0 Å². The second-order valence-corrected chi connectivity index (χ2v) is 2.84. The fourth-order valence-corrected chi connectivity index (χ4v) is 0.534. The van der Waals surface area contributed by atoms with Crippen LogP contribution in [-0.4, -0.2) is 4.66 Å². The fourth-order valence-electron chi connectivity index (χ4n) is 0.534. The molecular formula is C7H9ClO4. The van der Waals surface area contributed by atoms with Gasteiger partial charge in [-0.15, -0.1) is 0 Å². The van der Waals surface area contributed by atoms with Gasteiger partial charge in [0, 0.05) is 0 Å². The van der Waals surface area contributed by atoms with Crippen LogP contribution in [0.3, 0.4) is 0 Å². The lowest BCUT2D eigenvalue weighted by Gasteiger charge is -2.03. The normalized spacial score (nSPS) is 10.1. The summed E-state index contributed by atoms with van der Waals surface area (Å²) in [5, 5.41) is 0. The summed E-state index contributed by atoms with van der Waals surface area (Å²) in [6, 6.07) is 10.3. The van der Waals surface area contributed by atoms with Crippen molar-refractivity contribution in [2.75, 3.05) is 0 Å². The quantitative estimate of drug-likeness (QED) is 0.509. The van der Waals surface area contributed by atoms with Gasteiger partial charge in [0.1, 0.15) is 0 Å². The average Bonchev–Trinajstić information content (AvgIpc) is 1.85. The first kappa shape index (κ1) is 11.4. The lowest BCUT2D eigenvalue weighted by molar-refractivity contribution is -1.92. The predicted octanol–water partition coefficient (Wildman–Crippen LogP) is -2.13. The summed E-state index contributed by atoms with van der Waals surface area (Å²) in [6.07, 6.45) is 0. The SMILES string of the molecule is Cc1ccccc1.[O-][Cl+3]([O-])([O-])O. The van der Waals surface area contributed by atoms with E-state index in [4.69, 9.17) is 18.6 Å². The Kier molecular flexibility index (Phi) is 4.80. The van der Waals surface area contributed by atoms with Gasteiger partial charge in [-0.3, -0.25) is 0 Å². The summed E-state index contributed by atoms with van der Waals surface area (Å²) in [5.41, 5.74) is 1.32. The third kappa shape index (κ3) is 12.1. The van der Waals surface area contributed by atoms with Crippen LogP contribution in [0.2, 0.25) is 0 Å². The highest BCUT2D eigenvalue weighted by Gasteiger charge is 1.98. The Labute approximate surface area is 72.4 Å². The van der Waals surface area contributed by atoms with Crippen molar-refractivity contribution in [2.45, 2.75) is 6.92 Å². The third-order valence-corrected chi connectivity index (χ3v) is 0.940. The Morgan fingerprint density at radius 3 is 1.58 bits per heavy atom. The van der Waals surface area contributed by atoms with Gasteiger partial charge in [-0.05, 0) is 6.92 Å². The van der Waals surface area contributed by atoms with Crippen molar-refractivity contribution in [1.82, 2.24) is 0 Å². The summed E-state index contributed by atoms with van der Waals surface area (Å²) in [6.45, 7) is 2.08. The van der Waals surface area contributed by atoms with Crippen LogP contribution < -0.4 is 14.0 Å². The molecule has 0 aliphatic carbocycles. The van der Waals surface area contributed by atoms with Crippen molar-refractivity contribution in [1.29, 1.82) is 0 Å². The molecule has 0 fully saturated rings. The first-order valence-corrected chi connectivity index (χ1v) is 4.31. The molecule has 1 N–H and O–H groups in total. The Morgan fingerprint density at radius 2 is 1.42 bits per heavy atom. The Balaban J connectivity index is 0.000000217. The number of hydrogen-bond donors (Lipinski definition) is 1. The van der Waals surface area contributed by atoms with Gasteiger partial charge < -0.3 is 0 Å². The van der Waals surface area contributed by atoms with Gasteiger partial charge in [-0.25, -0.2) is 0 Å². The van der Waals surface area contributed by atoms with Crippen LogP contribution in [-0.2, 0) is 0 Å². The zero-order valence-electron chi connectivity index (χ0n) is 6.44. The lowest BCUT2D eigenvalue weighted by atomic mass is 10.2. The first-order chi connectivity index (χ1) is 5.39. The molecule has 0 heterocycles. The Hall–Kier alpha value is -0.650. The van der Waals surface area contributed by atoms with Crippen LogP contribution in [0, 0.1) is 17.2 Å². The lowest BCUT2D eigenvalue weighted by Crippen LogP contribution is -2.58. The van der Waals surface area contributed by atoms with Crippen molar-refractivity contribution in [3.05, 3.63) is 35.9 Å². The molecule has 68 valence electrons. The molecule has 0 saturated carbocycles. The molecule has 5 heteroatoms. The number of benzene rings is 1. The maximum absolute atomic E-state index is 8.60. The van der Waals surface area contributed by atoms with Crippen LogP contribution in [0.15, 0.2) is 30.3 Å². The minimum Gasteiger partial charge on any atom is -0.183 e. The van der Waals surface area contributed by atoms with Crippen LogP contribution in [0.1, 0.15) is 5.56 Å². The van der Waals surface area contributed by atoms with Gasteiger partial charge in [0.2, 0.25) is 0 Å². The van der Waals surface area contributed by atoms with Gasteiger partial charge in [0.15, 0.2) is 0 Å². The molecule has 4 nitrogen and oxygen atoms in total. The van der Waals surface area contributed by atoms with E-state index in [-0.39, 0.29) is 0 Å². The second-order valence-electron chi connectivity index (χ2n) is 2.05. The topological polar surface area (TPSA) is 89.4 Å². The largest absolute Gasteiger partial charge is 0.183 e. The molecule has 0 aliphatic heterocycles. The molecule has 0 radical (unpaired) electrons. The summed E-state index contributed by atoms with van der Waals surface area (Å²) in [4.78, 5) is 0. The van der Waals surface area contributed by atoms with Gasteiger partial charge in [0.25, 0.3) is 0 Å². The standard InChI is InChI=1S/C7H8.ClHO4/c1-7-5-3-2-4-6-7;2-1(3,4)5/h2-6H,1H3;(H,2,3,4,5). The highest BCUT2D eigenvalue weighted by molar-refractivity contribution is 5.11. The van der Waals surface area contributed by atoms with Gasteiger partial charge in [-0.2, -0.15) is 14.0 Å². The van der Waals surface area contributed by atoms with E-state index in [0.29, 0.717) is 0 Å². The second kappa shape index (κ2) is 5.08. The zero-order valence-corrected chi connectivity index (χ0v) is 7.19. The minimum absolute atomic E-state index is 1.32. The van der Waals surface area contributed by atoms with Crippen molar-refractivity contribution in [2.24, 2.45) is 0 Å². The minimum atomic E-state index is -4.69. The van der Waals surface area contributed by atoms with Crippen LogP contribution in [0.4, 0.5) is 0 Å². The molecule has 0 bridgehead atoms. The third-order valence-electron chi connectivity index (χ3n) is 0.940. The summed E-state index contributed by atoms with van der Waals surface area (Å²) < 4.78 is 32.7. The molecular weight excluding hydrogens is 184 g/mol. The molecule has 1 rings (SSSR count). The van der Waals surface area contributed by atoms with E-state index in [1.54, 1.807) is 0 Å². The highest BCUT2D eigenvalue weighted by Crippen LogP contribution is 1.92. The van der Waals surface area contributed by atoms with E-state index in [2.05, 4.69) is 19.1 Å². The van der Waals surface area contributed by atoms with Gasteiger partial charge >= 0.3 is 0 Å². The number of hydrogen-bond acceptors (Lipinski definition) is 4. The van der Waals surface area contributed by atoms with Crippen LogP contribution in [0.25, 0.3) is 0 Å². The smallest absolute Gasteiger partial charge is 0.0777 e. The maximum Gasteiger partial charge on any atom is 0.0777 e. The summed E-state index contributed by atoms with van der Waals surface area (Å²) in [5.74, 6) is 0. The molecule has 0 aliphatic rings. The summed E-state index contributed by atoms with van der Waals surface area (Å²) in [7, 11) is -4.69.